The number of aliphatic hydroxyl groups is 1. The Labute approximate surface area is 145 Å². The molecule has 1 aliphatic carbocycles. The number of aliphatic hydroxyl groups excluding tert-OH is 1. The molecule has 0 aromatic heterocycles. The second kappa shape index (κ2) is 5.78. The van der Waals surface area contributed by atoms with Crippen molar-refractivity contribution in [3.8, 4) is 0 Å². The molecular weight excluding hydrogens is 358 g/mol. The molecule has 0 radical (unpaired) electrons. The van der Waals surface area contributed by atoms with Crippen LogP contribution in [0, 0.1) is 0 Å². The summed E-state index contributed by atoms with van der Waals surface area (Å²) in [5.74, 6) is 0. The monoisotopic (exact) mass is 381 g/mol. The standard InChI is InChI=1S/C18H24BrNO3/c1-17(2,3)23-16(22)20-8-6-18(7-9-20)11-15(21)13-5-4-12(19)10-14(13)18/h4-5,10,15,21H,6-9,11H2,1-3H3. The number of rotatable bonds is 0. The first-order chi connectivity index (χ1) is 10.7. The molecule has 1 amide bonds. The average molecular weight is 382 g/mol. The van der Waals surface area contributed by atoms with Crippen LogP contribution in [0.15, 0.2) is 22.7 Å². The summed E-state index contributed by atoms with van der Waals surface area (Å²) in [4.78, 5) is 14.0. The fourth-order valence-electron chi connectivity index (χ4n) is 3.79. The Bertz CT molecular complexity index is 615. The van der Waals surface area contributed by atoms with E-state index in [1.807, 2.05) is 32.9 Å². The summed E-state index contributed by atoms with van der Waals surface area (Å²) in [5, 5.41) is 10.4. The lowest BCUT2D eigenvalue weighted by Gasteiger charge is -2.40. The van der Waals surface area contributed by atoms with E-state index in [2.05, 4.69) is 22.0 Å². The van der Waals surface area contributed by atoms with Gasteiger partial charge >= 0.3 is 6.09 Å². The van der Waals surface area contributed by atoms with Crippen LogP contribution in [0.2, 0.25) is 0 Å². The molecule has 1 fully saturated rings. The van der Waals surface area contributed by atoms with Crippen LogP contribution >= 0.6 is 15.9 Å². The third-order valence-corrected chi connectivity index (χ3v) is 5.40. The summed E-state index contributed by atoms with van der Waals surface area (Å²) >= 11 is 3.54. The number of halogens is 1. The predicted molar refractivity (Wildman–Crippen MR) is 92.4 cm³/mol. The van der Waals surface area contributed by atoms with E-state index in [9.17, 15) is 9.90 Å². The molecule has 2 aliphatic rings. The van der Waals surface area contributed by atoms with Crippen LogP contribution in [-0.2, 0) is 10.2 Å². The minimum Gasteiger partial charge on any atom is -0.444 e. The van der Waals surface area contributed by atoms with Crippen LogP contribution in [0.5, 0.6) is 0 Å². The van der Waals surface area contributed by atoms with Crippen LogP contribution in [0.25, 0.3) is 0 Å². The molecule has 1 heterocycles. The quantitative estimate of drug-likeness (QED) is 0.733. The number of fused-ring (bicyclic) bond motifs is 2. The van der Waals surface area contributed by atoms with Gasteiger partial charge in [-0.2, -0.15) is 0 Å². The van der Waals surface area contributed by atoms with Crippen molar-refractivity contribution in [2.75, 3.05) is 13.1 Å². The number of piperidine rings is 1. The maximum Gasteiger partial charge on any atom is 0.410 e. The summed E-state index contributed by atoms with van der Waals surface area (Å²) < 4.78 is 6.51. The van der Waals surface area contributed by atoms with Crippen molar-refractivity contribution in [2.24, 2.45) is 0 Å². The number of carbonyl (C=O) groups is 1. The highest BCUT2D eigenvalue weighted by molar-refractivity contribution is 9.10. The number of nitrogens with zero attached hydrogens (tertiary/aromatic N) is 1. The fraction of sp³-hybridized carbons (Fsp3) is 0.611. The number of benzene rings is 1. The molecule has 0 bridgehead atoms. The molecule has 1 aromatic carbocycles. The van der Waals surface area contributed by atoms with Crippen molar-refractivity contribution in [2.45, 2.75) is 57.2 Å². The first-order valence-corrected chi connectivity index (χ1v) is 8.95. The van der Waals surface area contributed by atoms with Crippen molar-refractivity contribution in [3.63, 3.8) is 0 Å². The molecule has 1 N–H and O–H groups in total. The first-order valence-electron chi connectivity index (χ1n) is 8.16. The molecule has 0 saturated carbocycles. The van der Waals surface area contributed by atoms with E-state index in [4.69, 9.17) is 4.74 Å². The Balaban J connectivity index is 1.75. The van der Waals surface area contributed by atoms with Gasteiger partial charge in [-0.3, -0.25) is 0 Å². The molecule has 1 saturated heterocycles. The number of ether oxygens (including phenoxy) is 1. The number of carbonyl (C=O) groups excluding carboxylic acids is 1. The van der Waals surface area contributed by atoms with Gasteiger partial charge in [-0.05, 0) is 63.3 Å². The molecule has 1 atom stereocenters. The highest BCUT2D eigenvalue weighted by Gasteiger charge is 2.46. The van der Waals surface area contributed by atoms with Crippen molar-refractivity contribution < 1.29 is 14.6 Å². The molecule has 1 unspecified atom stereocenters. The second-order valence-corrected chi connectivity index (χ2v) is 8.61. The molecule has 23 heavy (non-hydrogen) atoms. The Morgan fingerprint density at radius 2 is 2.00 bits per heavy atom. The third-order valence-electron chi connectivity index (χ3n) is 4.90. The Morgan fingerprint density at radius 3 is 2.61 bits per heavy atom. The average Bonchev–Trinajstić information content (AvgIpc) is 2.70. The summed E-state index contributed by atoms with van der Waals surface area (Å²) in [6.45, 7) is 7.01. The third kappa shape index (κ3) is 3.26. The van der Waals surface area contributed by atoms with E-state index in [1.54, 1.807) is 4.90 Å². The highest BCUT2D eigenvalue weighted by Crippen LogP contribution is 2.51. The summed E-state index contributed by atoms with van der Waals surface area (Å²) in [6, 6.07) is 6.13. The van der Waals surface area contributed by atoms with Crippen molar-refractivity contribution in [3.05, 3.63) is 33.8 Å². The summed E-state index contributed by atoms with van der Waals surface area (Å²) in [7, 11) is 0. The minimum absolute atomic E-state index is 0.0168. The van der Waals surface area contributed by atoms with Crippen molar-refractivity contribution in [1.82, 2.24) is 4.90 Å². The van der Waals surface area contributed by atoms with Gasteiger partial charge in [0.25, 0.3) is 0 Å². The van der Waals surface area contributed by atoms with Crippen LogP contribution in [-0.4, -0.2) is 34.8 Å². The van der Waals surface area contributed by atoms with E-state index < -0.39 is 11.7 Å². The maximum absolute atomic E-state index is 12.2. The van der Waals surface area contributed by atoms with Gasteiger partial charge in [0.15, 0.2) is 0 Å². The highest BCUT2D eigenvalue weighted by atomic mass is 79.9. The zero-order valence-corrected chi connectivity index (χ0v) is 15.5. The molecular formula is C18H24BrNO3. The lowest BCUT2D eigenvalue weighted by molar-refractivity contribution is 0.0147. The van der Waals surface area contributed by atoms with Gasteiger partial charge < -0.3 is 14.7 Å². The number of amides is 1. The molecule has 4 nitrogen and oxygen atoms in total. The number of likely N-dealkylation sites (tertiary alicyclic amines) is 1. The molecule has 3 rings (SSSR count). The Hall–Kier alpha value is -1.07. The maximum atomic E-state index is 12.2. The fourth-order valence-corrected chi connectivity index (χ4v) is 4.15. The van der Waals surface area contributed by atoms with Crippen LogP contribution in [0.4, 0.5) is 4.79 Å². The zero-order chi connectivity index (χ0) is 16.8. The largest absolute Gasteiger partial charge is 0.444 e. The van der Waals surface area contributed by atoms with Gasteiger partial charge in [0.1, 0.15) is 5.60 Å². The smallest absolute Gasteiger partial charge is 0.410 e. The van der Waals surface area contributed by atoms with Gasteiger partial charge in [0, 0.05) is 23.0 Å². The normalized spacial score (nSPS) is 23.0. The van der Waals surface area contributed by atoms with E-state index >= 15 is 0 Å². The minimum atomic E-state index is -0.465. The topological polar surface area (TPSA) is 49.8 Å². The molecule has 126 valence electrons. The van der Waals surface area contributed by atoms with Crippen molar-refractivity contribution >= 4 is 22.0 Å². The number of hydrogen-bond donors (Lipinski definition) is 1. The predicted octanol–water partition coefficient (Wildman–Crippen LogP) is 4.15. The molecule has 1 aliphatic heterocycles. The Kier molecular flexibility index (Phi) is 4.21. The van der Waals surface area contributed by atoms with Gasteiger partial charge in [-0.1, -0.05) is 22.0 Å². The first kappa shape index (κ1) is 16.8. The van der Waals surface area contributed by atoms with E-state index in [-0.39, 0.29) is 11.5 Å². The van der Waals surface area contributed by atoms with Gasteiger partial charge in [-0.25, -0.2) is 4.79 Å². The van der Waals surface area contributed by atoms with Crippen LogP contribution in [0.3, 0.4) is 0 Å². The van der Waals surface area contributed by atoms with Crippen molar-refractivity contribution in [1.29, 1.82) is 0 Å². The lowest BCUT2D eigenvalue weighted by atomic mass is 9.74. The SMILES string of the molecule is CC(C)(C)OC(=O)N1CCC2(CC1)CC(O)c1ccc(Br)cc12. The Morgan fingerprint density at radius 1 is 1.35 bits per heavy atom. The number of hydrogen-bond acceptors (Lipinski definition) is 3. The van der Waals surface area contributed by atoms with Gasteiger partial charge in [0.05, 0.1) is 6.10 Å². The summed E-state index contributed by atoms with van der Waals surface area (Å²) in [5.41, 5.74) is 1.80. The molecule has 1 aromatic rings. The van der Waals surface area contributed by atoms with Crippen LogP contribution < -0.4 is 0 Å². The molecule has 1 spiro atoms. The van der Waals surface area contributed by atoms with E-state index in [0.29, 0.717) is 13.1 Å². The van der Waals surface area contributed by atoms with E-state index in [0.717, 1.165) is 29.3 Å². The summed E-state index contributed by atoms with van der Waals surface area (Å²) in [6.07, 6.45) is 1.85. The van der Waals surface area contributed by atoms with Gasteiger partial charge in [0.2, 0.25) is 0 Å². The second-order valence-electron chi connectivity index (χ2n) is 7.70. The van der Waals surface area contributed by atoms with Crippen LogP contribution in [0.1, 0.15) is 57.3 Å². The van der Waals surface area contributed by atoms with Gasteiger partial charge in [-0.15, -0.1) is 0 Å². The molecule has 5 heteroatoms. The lowest BCUT2D eigenvalue weighted by Crippen LogP contribution is -2.46. The zero-order valence-electron chi connectivity index (χ0n) is 13.9. The van der Waals surface area contributed by atoms with E-state index in [1.165, 1.54) is 5.56 Å².